The Morgan fingerprint density at radius 2 is 1.80 bits per heavy atom. The molecule has 8 heteroatoms. The number of likely N-dealkylation sites (N-methyl/N-ethyl adjacent to an activating group) is 1. The second kappa shape index (κ2) is 12.7. The molecule has 0 saturated heterocycles. The van der Waals surface area contributed by atoms with Crippen molar-refractivity contribution >= 4 is 23.6 Å². The van der Waals surface area contributed by atoms with Crippen LogP contribution in [0.15, 0.2) is 54.6 Å². The molecule has 0 bridgehead atoms. The van der Waals surface area contributed by atoms with Crippen LogP contribution in [0.2, 0.25) is 0 Å². The highest BCUT2D eigenvalue weighted by molar-refractivity contribution is 7.98. The van der Waals surface area contributed by atoms with E-state index in [1.807, 2.05) is 24.5 Å². The van der Waals surface area contributed by atoms with E-state index in [-0.39, 0.29) is 37.3 Å². The third kappa shape index (κ3) is 7.94. The predicted molar refractivity (Wildman–Crippen MR) is 116 cm³/mol. The molecule has 0 aliphatic heterocycles. The summed E-state index contributed by atoms with van der Waals surface area (Å²) >= 11 is 1.59. The molecule has 2 aromatic carbocycles. The van der Waals surface area contributed by atoms with Crippen LogP contribution in [0.1, 0.15) is 6.42 Å². The number of nitrogens with zero attached hydrogens (tertiary/aromatic N) is 1. The maximum Gasteiger partial charge on any atom is 0.258 e. The Kier molecular flexibility index (Phi) is 10.00. The minimum atomic E-state index is -0.664. The Hall–Kier alpha value is -2.74. The van der Waals surface area contributed by atoms with Gasteiger partial charge in [0.05, 0.1) is 6.54 Å². The van der Waals surface area contributed by atoms with Crippen LogP contribution in [0.25, 0.3) is 0 Å². The first-order valence-corrected chi connectivity index (χ1v) is 11.0. The standard InChI is InChI=1S/C22H27FN2O4S/c1-25(13-14-28-20-11-7-6-10-18(20)23)22(27)19(12-15-30-2)24-21(26)16-29-17-8-4-3-5-9-17/h3-11,19H,12-16H2,1-2H3,(H,24,26). The van der Waals surface area contributed by atoms with Crippen LogP contribution in [0, 0.1) is 5.82 Å². The second-order valence-corrected chi connectivity index (χ2v) is 7.53. The summed E-state index contributed by atoms with van der Waals surface area (Å²) in [5.74, 6) is 0.403. The topological polar surface area (TPSA) is 67.9 Å². The molecule has 0 saturated carbocycles. The fourth-order valence-electron chi connectivity index (χ4n) is 2.63. The van der Waals surface area contributed by atoms with Crippen molar-refractivity contribution in [2.75, 3.05) is 38.8 Å². The van der Waals surface area contributed by atoms with Gasteiger partial charge in [-0.15, -0.1) is 0 Å². The van der Waals surface area contributed by atoms with Gasteiger partial charge in [-0.1, -0.05) is 30.3 Å². The molecule has 0 aliphatic carbocycles. The van der Waals surface area contributed by atoms with Gasteiger partial charge in [0.25, 0.3) is 5.91 Å². The number of rotatable bonds is 12. The van der Waals surface area contributed by atoms with E-state index in [0.29, 0.717) is 12.2 Å². The lowest BCUT2D eigenvalue weighted by molar-refractivity contribution is -0.136. The highest BCUT2D eigenvalue weighted by Gasteiger charge is 2.24. The molecular weight excluding hydrogens is 407 g/mol. The molecule has 1 unspecified atom stereocenters. The van der Waals surface area contributed by atoms with Gasteiger partial charge in [0, 0.05) is 7.05 Å². The van der Waals surface area contributed by atoms with Gasteiger partial charge in [-0.25, -0.2) is 4.39 Å². The average Bonchev–Trinajstić information content (AvgIpc) is 2.76. The van der Waals surface area contributed by atoms with Gasteiger partial charge >= 0.3 is 0 Å². The van der Waals surface area contributed by atoms with E-state index >= 15 is 0 Å². The molecule has 162 valence electrons. The fraction of sp³-hybridized carbons (Fsp3) is 0.364. The van der Waals surface area contributed by atoms with Crippen LogP contribution in [0.5, 0.6) is 11.5 Å². The van der Waals surface area contributed by atoms with Crippen molar-refractivity contribution in [2.45, 2.75) is 12.5 Å². The number of nitrogens with one attached hydrogen (secondary N) is 1. The van der Waals surface area contributed by atoms with Gasteiger partial charge in [-0.05, 0) is 42.7 Å². The van der Waals surface area contributed by atoms with Crippen molar-refractivity contribution in [3.63, 3.8) is 0 Å². The number of ether oxygens (including phenoxy) is 2. The fourth-order valence-corrected chi connectivity index (χ4v) is 3.10. The lowest BCUT2D eigenvalue weighted by Crippen LogP contribution is -2.49. The monoisotopic (exact) mass is 434 g/mol. The molecule has 6 nitrogen and oxygen atoms in total. The van der Waals surface area contributed by atoms with Gasteiger partial charge in [0.1, 0.15) is 18.4 Å². The van der Waals surface area contributed by atoms with E-state index in [0.717, 1.165) is 5.75 Å². The van der Waals surface area contributed by atoms with E-state index in [9.17, 15) is 14.0 Å². The van der Waals surface area contributed by atoms with Gasteiger partial charge < -0.3 is 19.7 Å². The molecule has 1 atom stereocenters. The number of hydrogen-bond acceptors (Lipinski definition) is 5. The molecule has 2 amide bonds. The lowest BCUT2D eigenvalue weighted by atomic mass is 10.2. The molecule has 2 aromatic rings. The minimum absolute atomic E-state index is 0.142. The molecular formula is C22H27FN2O4S. The van der Waals surface area contributed by atoms with Crippen molar-refractivity contribution in [1.82, 2.24) is 10.2 Å². The molecule has 0 radical (unpaired) electrons. The van der Waals surface area contributed by atoms with Crippen LogP contribution in [0.3, 0.4) is 0 Å². The van der Waals surface area contributed by atoms with Gasteiger partial charge in [-0.2, -0.15) is 11.8 Å². The Balaban J connectivity index is 1.84. The van der Waals surface area contributed by atoms with Crippen LogP contribution in [-0.2, 0) is 9.59 Å². The van der Waals surface area contributed by atoms with Crippen LogP contribution in [0.4, 0.5) is 4.39 Å². The van der Waals surface area contributed by atoms with Crippen molar-refractivity contribution in [2.24, 2.45) is 0 Å². The third-order valence-electron chi connectivity index (χ3n) is 4.25. The molecule has 0 aliphatic rings. The van der Waals surface area contributed by atoms with Crippen molar-refractivity contribution in [3.05, 3.63) is 60.4 Å². The molecule has 2 rings (SSSR count). The predicted octanol–water partition coefficient (Wildman–Crippen LogP) is 2.98. The minimum Gasteiger partial charge on any atom is -0.489 e. The number of halogens is 1. The summed E-state index contributed by atoms with van der Waals surface area (Å²) in [5, 5.41) is 2.75. The smallest absolute Gasteiger partial charge is 0.258 e. The average molecular weight is 435 g/mol. The van der Waals surface area contributed by atoms with Gasteiger partial charge in [-0.3, -0.25) is 9.59 Å². The summed E-state index contributed by atoms with van der Waals surface area (Å²) in [6, 6.07) is 14.4. The largest absolute Gasteiger partial charge is 0.489 e. The number of carbonyl (C=O) groups excluding carboxylic acids is 2. The number of carbonyl (C=O) groups is 2. The maximum atomic E-state index is 13.6. The Morgan fingerprint density at radius 1 is 1.10 bits per heavy atom. The zero-order valence-corrected chi connectivity index (χ0v) is 18.0. The zero-order valence-electron chi connectivity index (χ0n) is 17.2. The molecule has 0 heterocycles. The second-order valence-electron chi connectivity index (χ2n) is 6.54. The van der Waals surface area contributed by atoms with Crippen molar-refractivity contribution in [3.8, 4) is 11.5 Å². The van der Waals surface area contributed by atoms with Crippen LogP contribution >= 0.6 is 11.8 Å². The molecule has 0 fully saturated rings. The van der Waals surface area contributed by atoms with Crippen LogP contribution in [-0.4, -0.2) is 61.6 Å². The van der Waals surface area contributed by atoms with Crippen LogP contribution < -0.4 is 14.8 Å². The number of amides is 2. The zero-order chi connectivity index (χ0) is 21.8. The normalized spacial score (nSPS) is 11.4. The summed E-state index contributed by atoms with van der Waals surface area (Å²) in [6.45, 7) is 0.232. The SMILES string of the molecule is CSCCC(NC(=O)COc1ccccc1)C(=O)N(C)CCOc1ccccc1F. The third-order valence-corrected chi connectivity index (χ3v) is 4.90. The summed E-state index contributed by atoms with van der Waals surface area (Å²) in [4.78, 5) is 26.5. The molecule has 0 spiro atoms. The number of para-hydroxylation sites is 2. The first-order valence-electron chi connectivity index (χ1n) is 9.59. The van der Waals surface area contributed by atoms with Crippen molar-refractivity contribution in [1.29, 1.82) is 0 Å². The Morgan fingerprint density at radius 3 is 2.50 bits per heavy atom. The number of benzene rings is 2. The highest BCUT2D eigenvalue weighted by atomic mass is 32.2. The van der Waals surface area contributed by atoms with E-state index in [1.54, 1.807) is 43.1 Å². The quantitative estimate of drug-likeness (QED) is 0.556. The first-order chi connectivity index (χ1) is 14.5. The molecule has 1 N–H and O–H groups in total. The maximum absolute atomic E-state index is 13.6. The summed E-state index contributed by atoms with van der Waals surface area (Å²) < 4.78 is 24.5. The van der Waals surface area contributed by atoms with E-state index in [4.69, 9.17) is 9.47 Å². The van der Waals surface area contributed by atoms with Gasteiger partial charge in [0.15, 0.2) is 18.2 Å². The van der Waals surface area contributed by atoms with E-state index in [2.05, 4.69) is 5.32 Å². The lowest BCUT2D eigenvalue weighted by Gasteiger charge is -2.24. The molecule has 0 aromatic heterocycles. The van der Waals surface area contributed by atoms with Crippen molar-refractivity contribution < 1.29 is 23.5 Å². The number of hydrogen-bond donors (Lipinski definition) is 1. The summed E-state index contributed by atoms with van der Waals surface area (Å²) in [7, 11) is 1.63. The highest BCUT2D eigenvalue weighted by Crippen LogP contribution is 2.15. The molecule has 30 heavy (non-hydrogen) atoms. The Labute approximate surface area is 180 Å². The summed E-state index contributed by atoms with van der Waals surface area (Å²) in [5.41, 5.74) is 0. The van der Waals surface area contributed by atoms with Gasteiger partial charge in [0.2, 0.25) is 5.91 Å². The first kappa shape index (κ1) is 23.5. The Bertz CT molecular complexity index is 807. The number of thioether (sulfide) groups is 1. The summed E-state index contributed by atoms with van der Waals surface area (Å²) in [6.07, 6.45) is 2.43. The van der Waals surface area contributed by atoms with E-state index < -0.39 is 11.9 Å². The van der Waals surface area contributed by atoms with E-state index in [1.165, 1.54) is 17.0 Å².